The Bertz CT molecular complexity index is 375. The number of nitrogens with two attached hydrogens (primary N) is 1. The van der Waals surface area contributed by atoms with E-state index in [4.69, 9.17) is 5.73 Å². The van der Waals surface area contributed by atoms with Gasteiger partial charge in [0.25, 0.3) is 0 Å². The molecule has 0 aliphatic heterocycles. The number of primary amides is 1. The molecule has 0 aliphatic rings. The molecule has 1 amide bonds. The molecule has 1 rings (SSSR count). The van der Waals surface area contributed by atoms with Crippen LogP contribution in [0, 0.1) is 0 Å². The summed E-state index contributed by atoms with van der Waals surface area (Å²) < 4.78 is 36.5. The standard InChI is InChI=1S/C8H5BrF3NO/c9-6-3-4(8(10,11)12)1-2-5(6)7(13)14/h1-3H,(H2,13,14). The van der Waals surface area contributed by atoms with Gasteiger partial charge in [0.2, 0.25) is 5.91 Å². The van der Waals surface area contributed by atoms with E-state index in [0.29, 0.717) is 0 Å². The molecule has 0 aliphatic carbocycles. The highest BCUT2D eigenvalue weighted by molar-refractivity contribution is 9.10. The molecule has 0 saturated carbocycles. The number of rotatable bonds is 1. The first kappa shape index (κ1) is 11.0. The Morgan fingerprint density at radius 2 is 1.93 bits per heavy atom. The van der Waals surface area contributed by atoms with Crippen molar-refractivity contribution >= 4 is 21.8 Å². The van der Waals surface area contributed by atoms with Crippen LogP contribution in [0.15, 0.2) is 22.7 Å². The SMILES string of the molecule is NC(=O)c1ccc(C(F)(F)F)cc1Br. The molecule has 2 N–H and O–H groups in total. The fraction of sp³-hybridized carbons (Fsp3) is 0.125. The van der Waals surface area contributed by atoms with Crippen molar-refractivity contribution in [3.8, 4) is 0 Å². The molecule has 0 radical (unpaired) electrons. The summed E-state index contributed by atoms with van der Waals surface area (Å²) in [6.45, 7) is 0. The van der Waals surface area contributed by atoms with Crippen molar-refractivity contribution < 1.29 is 18.0 Å². The van der Waals surface area contributed by atoms with Crippen LogP contribution in [0.5, 0.6) is 0 Å². The first-order chi connectivity index (χ1) is 6.32. The molecule has 0 saturated heterocycles. The van der Waals surface area contributed by atoms with Crippen LogP contribution >= 0.6 is 15.9 Å². The molecule has 0 aromatic heterocycles. The molecule has 0 spiro atoms. The lowest BCUT2D eigenvalue weighted by atomic mass is 10.1. The quantitative estimate of drug-likeness (QED) is 0.835. The Morgan fingerprint density at radius 1 is 1.36 bits per heavy atom. The van der Waals surface area contributed by atoms with Gasteiger partial charge in [0.15, 0.2) is 0 Å². The van der Waals surface area contributed by atoms with Gasteiger partial charge in [-0.25, -0.2) is 0 Å². The van der Waals surface area contributed by atoms with Crippen LogP contribution in [0.25, 0.3) is 0 Å². The summed E-state index contributed by atoms with van der Waals surface area (Å²) in [6, 6.07) is 2.67. The second-order valence-electron chi connectivity index (χ2n) is 2.56. The normalized spacial score (nSPS) is 11.4. The van der Waals surface area contributed by atoms with Crippen molar-refractivity contribution in [3.63, 3.8) is 0 Å². The number of hydrogen-bond acceptors (Lipinski definition) is 1. The van der Waals surface area contributed by atoms with Gasteiger partial charge in [-0.05, 0) is 34.1 Å². The Morgan fingerprint density at radius 3 is 2.29 bits per heavy atom. The molecule has 76 valence electrons. The van der Waals surface area contributed by atoms with Gasteiger partial charge in [-0.2, -0.15) is 13.2 Å². The lowest BCUT2D eigenvalue weighted by molar-refractivity contribution is -0.137. The molecule has 2 nitrogen and oxygen atoms in total. The molecule has 6 heteroatoms. The van der Waals surface area contributed by atoms with E-state index in [1.54, 1.807) is 0 Å². The number of amides is 1. The lowest BCUT2D eigenvalue weighted by Crippen LogP contribution is -2.13. The molecule has 0 heterocycles. The van der Waals surface area contributed by atoms with Gasteiger partial charge >= 0.3 is 6.18 Å². The summed E-state index contributed by atoms with van der Waals surface area (Å²) in [6.07, 6.45) is -4.42. The summed E-state index contributed by atoms with van der Waals surface area (Å²) in [5.74, 6) is -0.773. The van der Waals surface area contributed by atoms with Crippen LogP contribution in [0.4, 0.5) is 13.2 Å². The largest absolute Gasteiger partial charge is 0.416 e. The molecule has 1 aromatic rings. The third-order valence-corrected chi connectivity index (χ3v) is 2.22. The van der Waals surface area contributed by atoms with Crippen LogP contribution in [-0.2, 0) is 6.18 Å². The smallest absolute Gasteiger partial charge is 0.366 e. The fourth-order valence-electron chi connectivity index (χ4n) is 0.891. The van der Waals surface area contributed by atoms with Crippen LogP contribution in [0.2, 0.25) is 0 Å². The average Bonchev–Trinajstić information content (AvgIpc) is 2.01. The van der Waals surface area contributed by atoms with Crippen LogP contribution in [0.1, 0.15) is 15.9 Å². The van der Waals surface area contributed by atoms with E-state index in [1.165, 1.54) is 0 Å². The Kier molecular flexibility index (Phi) is 2.84. The minimum absolute atomic E-state index is 0.0259. The Balaban J connectivity index is 3.20. The first-order valence-corrected chi connectivity index (χ1v) is 4.28. The summed E-state index contributed by atoms with van der Waals surface area (Å²) in [7, 11) is 0. The molecule has 0 unspecified atom stereocenters. The van der Waals surface area contributed by atoms with E-state index in [9.17, 15) is 18.0 Å². The third kappa shape index (κ3) is 2.25. The van der Waals surface area contributed by atoms with Gasteiger partial charge in [-0.15, -0.1) is 0 Å². The number of alkyl halides is 3. The van der Waals surface area contributed by atoms with Gasteiger partial charge < -0.3 is 5.73 Å². The summed E-state index contributed by atoms with van der Waals surface area (Å²) in [4.78, 5) is 10.7. The van der Waals surface area contributed by atoms with Crippen molar-refractivity contribution in [2.24, 2.45) is 5.73 Å². The van der Waals surface area contributed by atoms with Gasteiger partial charge in [0.1, 0.15) is 0 Å². The average molecular weight is 268 g/mol. The zero-order chi connectivity index (χ0) is 10.9. The molecular weight excluding hydrogens is 263 g/mol. The van der Waals surface area contributed by atoms with E-state index < -0.39 is 17.6 Å². The predicted molar refractivity (Wildman–Crippen MR) is 47.7 cm³/mol. The maximum Gasteiger partial charge on any atom is 0.416 e. The molecule has 0 bridgehead atoms. The number of halogens is 4. The van der Waals surface area contributed by atoms with Gasteiger partial charge in [-0.1, -0.05) is 0 Å². The first-order valence-electron chi connectivity index (χ1n) is 3.49. The molecule has 0 atom stereocenters. The topological polar surface area (TPSA) is 43.1 Å². The number of hydrogen-bond donors (Lipinski definition) is 1. The second kappa shape index (κ2) is 3.61. The lowest BCUT2D eigenvalue weighted by Gasteiger charge is -2.08. The van der Waals surface area contributed by atoms with Gasteiger partial charge in [0.05, 0.1) is 11.1 Å². The van der Waals surface area contributed by atoms with E-state index in [1.807, 2.05) is 0 Å². The number of carbonyl (C=O) groups is 1. The molecule has 0 fully saturated rings. The number of benzene rings is 1. The highest BCUT2D eigenvalue weighted by Gasteiger charge is 2.31. The van der Waals surface area contributed by atoms with E-state index in [-0.39, 0.29) is 10.0 Å². The van der Waals surface area contributed by atoms with Crippen LogP contribution in [-0.4, -0.2) is 5.91 Å². The Hall–Kier alpha value is -1.04. The van der Waals surface area contributed by atoms with E-state index in [0.717, 1.165) is 18.2 Å². The second-order valence-corrected chi connectivity index (χ2v) is 3.41. The van der Waals surface area contributed by atoms with Crippen LogP contribution in [0.3, 0.4) is 0 Å². The Labute approximate surface area is 86.0 Å². The van der Waals surface area contributed by atoms with E-state index >= 15 is 0 Å². The van der Waals surface area contributed by atoms with Crippen molar-refractivity contribution in [3.05, 3.63) is 33.8 Å². The van der Waals surface area contributed by atoms with Crippen molar-refractivity contribution in [1.82, 2.24) is 0 Å². The summed E-state index contributed by atoms with van der Waals surface area (Å²) >= 11 is 2.84. The van der Waals surface area contributed by atoms with Crippen molar-refractivity contribution in [1.29, 1.82) is 0 Å². The fourth-order valence-corrected chi connectivity index (χ4v) is 1.47. The number of carbonyl (C=O) groups excluding carboxylic acids is 1. The molecule has 1 aromatic carbocycles. The minimum atomic E-state index is -4.42. The minimum Gasteiger partial charge on any atom is -0.366 e. The van der Waals surface area contributed by atoms with E-state index in [2.05, 4.69) is 15.9 Å². The van der Waals surface area contributed by atoms with Gasteiger partial charge in [0, 0.05) is 4.47 Å². The van der Waals surface area contributed by atoms with Crippen LogP contribution < -0.4 is 5.73 Å². The monoisotopic (exact) mass is 267 g/mol. The molecular formula is C8H5BrF3NO. The summed E-state index contributed by atoms with van der Waals surface area (Å²) in [5.41, 5.74) is 4.12. The van der Waals surface area contributed by atoms with Crippen molar-refractivity contribution in [2.45, 2.75) is 6.18 Å². The highest BCUT2D eigenvalue weighted by atomic mass is 79.9. The molecule has 14 heavy (non-hydrogen) atoms. The van der Waals surface area contributed by atoms with Gasteiger partial charge in [-0.3, -0.25) is 4.79 Å². The predicted octanol–water partition coefficient (Wildman–Crippen LogP) is 2.57. The van der Waals surface area contributed by atoms with Crippen molar-refractivity contribution in [2.75, 3.05) is 0 Å². The highest BCUT2D eigenvalue weighted by Crippen LogP contribution is 2.31. The maximum absolute atomic E-state index is 12.2. The zero-order valence-corrected chi connectivity index (χ0v) is 8.32. The summed E-state index contributed by atoms with van der Waals surface area (Å²) in [5, 5.41) is 0. The zero-order valence-electron chi connectivity index (χ0n) is 6.73. The third-order valence-electron chi connectivity index (χ3n) is 1.56. The maximum atomic E-state index is 12.2.